The highest BCUT2D eigenvalue weighted by molar-refractivity contribution is 5.83. The molecule has 0 saturated carbocycles. The van der Waals surface area contributed by atoms with Gasteiger partial charge in [0, 0.05) is 12.6 Å². The van der Waals surface area contributed by atoms with Crippen LogP contribution in [0.3, 0.4) is 0 Å². The number of pyridine rings is 1. The molecular formula is C11H16N4O3. The Morgan fingerprint density at radius 3 is 2.72 bits per heavy atom. The Balaban J connectivity index is 2.77. The lowest BCUT2D eigenvalue weighted by atomic mass is 10.3. The van der Waals surface area contributed by atoms with Gasteiger partial charge in [0.05, 0.1) is 4.92 Å². The fourth-order valence-corrected chi connectivity index (χ4v) is 1.44. The molecule has 0 aliphatic heterocycles. The zero-order chi connectivity index (χ0) is 13.7. The zero-order valence-corrected chi connectivity index (χ0v) is 10.6. The SMILES string of the molecule is CCNC(=O)C(C)Nc1ccc([N+](=O)[O-])c(C)n1. The van der Waals surface area contributed by atoms with Crippen LogP contribution in [0.25, 0.3) is 0 Å². The number of hydrogen-bond acceptors (Lipinski definition) is 5. The number of rotatable bonds is 5. The minimum absolute atomic E-state index is 0.0359. The molecule has 0 fully saturated rings. The van der Waals surface area contributed by atoms with E-state index in [1.165, 1.54) is 12.1 Å². The Labute approximate surface area is 105 Å². The number of aromatic nitrogens is 1. The number of hydrogen-bond donors (Lipinski definition) is 2. The van der Waals surface area contributed by atoms with Crippen molar-refractivity contribution < 1.29 is 9.72 Å². The van der Waals surface area contributed by atoms with Crippen LogP contribution in [0.2, 0.25) is 0 Å². The molecule has 1 heterocycles. The Hall–Kier alpha value is -2.18. The molecule has 1 rings (SSSR count). The summed E-state index contributed by atoms with van der Waals surface area (Å²) in [4.78, 5) is 25.7. The van der Waals surface area contributed by atoms with E-state index in [1.54, 1.807) is 13.8 Å². The second-order valence-electron chi connectivity index (χ2n) is 3.82. The predicted molar refractivity (Wildman–Crippen MR) is 67.4 cm³/mol. The van der Waals surface area contributed by atoms with Gasteiger partial charge in [0.1, 0.15) is 17.6 Å². The molecule has 18 heavy (non-hydrogen) atoms. The summed E-state index contributed by atoms with van der Waals surface area (Å²) in [7, 11) is 0. The van der Waals surface area contributed by atoms with Gasteiger partial charge in [-0.25, -0.2) is 4.98 Å². The van der Waals surface area contributed by atoms with E-state index in [0.29, 0.717) is 18.1 Å². The average molecular weight is 252 g/mol. The van der Waals surface area contributed by atoms with E-state index in [9.17, 15) is 14.9 Å². The highest BCUT2D eigenvalue weighted by atomic mass is 16.6. The lowest BCUT2D eigenvalue weighted by Crippen LogP contribution is -2.37. The summed E-state index contributed by atoms with van der Waals surface area (Å²) < 4.78 is 0. The van der Waals surface area contributed by atoms with Crippen molar-refractivity contribution in [1.82, 2.24) is 10.3 Å². The van der Waals surface area contributed by atoms with Gasteiger partial charge >= 0.3 is 0 Å². The summed E-state index contributed by atoms with van der Waals surface area (Å²) in [6.45, 7) is 5.64. The molecule has 7 heteroatoms. The van der Waals surface area contributed by atoms with Gasteiger partial charge in [-0.1, -0.05) is 0 Å². The van der Waals surface area contributed by atoms with Crippen LogP contribution in [0, 0.1) is 17.0 Å². The Morgan fingerprint density at radius 2 is 2.22 bits per heavy atom. The zero-order valence-electron chi connectivity index (χ0n) is 10.6. The molecule has 1 unspecified atom stereocenters. The Bertz CT molecular complexity index is 462. The van der Waals surface area contributed by atoms with Gasteiger partial charge in [-0.05, 0) is 26.8 Å². The second-order valence-corrected chi connectivity index (χ2v) is 3.82. The largest absolute Gasteiger partial charge is 0.359 e. The quantitative estimate of drug-likeness (QED) is 0.607. The molecule has 0 saturated heterocycles. The van der Waals surface area contributed by atoms with Crippen molar-refractivity contribution >= 4 is 17.4 Å². The van der Waals surface area contributed by atoms with E-state index >= 15 is 0 Å². The number of nitro groups is 1. The molecule has 1 atom stereocenters. The number of nitrogens with zero attached hydrogens (tertiary/aromatic N) is 2. The molecule has 1 aromatic heterocycles. The first kappa shape index (κ1) is 13.9. The van der Waals surface area contributed by atoms with Gasteiger partial charge in [0.2, 0.25) is 5.91 Å². The molecule has 0 bridgehead atoms. The van der Waals surface area contributed by atoms with Crippen molar-refractivity contribution in [3.8, 4) is 0 Å². The molecule has 1 aromatic rings. The van der Waals surface area contributed by atoms with Crippen molar-refractivity contribution in [2.24, 2.45) is 0 Å². The summed E-state index contributed by atoms with van der Waals surface area (Å²) in [5.41, 5.74) is 0.277. The van der Waals surface area contributed by atoms with Crippen LogP contribution in [0.15, 0.2) is 12.1 Å². The van der Waals surface area contributed by atoms with Gasteiger partial charge in [-0.3, -0.25) is 14.9 Å². The first-order chi connectivity index (χ1) is 8.45. The summed E-state index contributed by atoms with van der Waals surface area (Å²) in [5.74, 6) is 0.298. The van der Waals surface area contributed by atoms with Crippen LogP contribution >= 0.6 is 0 Å². The van der Waals surface area contributed by atoms with Crippen LogP contribution in [-0.2, 0) is 4.79 Å². The Kier molecular flexibility index (Phi) is 4.59. The van der Waals surface area contributed by atoms with Gasteiger partial charge in [-0.15, -0.1) is 0 Å². The third kappa shape index (κ3) is 3.41. The Morgan fingerprint density at radius 1 is 1.56 bits per heavy atom. The first-order valence-electron chi connectivity index (χ1n) is 5.62. The first-order valence-corrected chi connectivity index (χ1v) is 5.62. The van der Waals surface area contributed by atoms with Crippen LogP contribution in [0.1, 0.15) is 19.5 Å². The number of amides is 1. The van der Waals surface area contributed by atoms with Crippen LogP contribution < -0.4 is 10.6 Å². The number of nitrogens with one attached hydrogen (secondary N) is 2. The molecule has 0 aliphatic rings. The summed E-state index contributed by atoms with van der Waals surface area (Å²) >= 11 is 0. The van der Waals surface area contributed by atoms with E-state index in [1.807, 2.05) is 6.92 Å². The fraction of sp³-hybridized carbons (Fsp3) is 0.455. The number of anilines is 1. The van der Waals surface area contributed by atoms with Crippen LogP contribution in [0.5, 0.6) is 0 Å². The predicted octanol–water partition coefficient (Wildman–Crippen LogP) is 1.23. The molecule has 0 radical (unpaired) electrons. The summed E-state index contributed by atoms with van der Waals surface area (Å²) in [5, 5.41) is 16.2. The van der Waals surface area contributed by atoms with Crippen LogP contribution in [0.4, 0.5) is 11.5 Å². The lowest BCUT2D eigenvalue weighted by Gasteiger charge is -2.14. The third-order valence-electron chi connectivity index (χ3n) is 2.36. The van der Waals surface area contributed by atoms with Crippen molar-refractivity contribution in [3.63, 3.8) is 0 Å². The van der Waals surface area contributed by atoms with Gasteiger partial charge < -0.3 is 10.6 Å². The number of carbonyl (C=O) groups is 1. The van der Waals surface area contributed by atoms with Gasteiger partial charge in [0.15, 0.2) is 0 Å². The highest BCUT2D eigenvalue weighted by Crippen LogP contribution is 2.18. The molecular weight excluding hydrogens is 236 g/mol. The molecule has 7 nitrogen and oxygen atoms in total. The number of carbonyl (C=O) groups excluding carboxylic acids is 1. The second kappa shape index (κ2) is 5.95. The maximum Gasteiger partial charge on any atom is 0.290 e. The monoisotopic (exact) mass is 252 g/mol. The maximum atomic E-state index is 11.5. The minimum Gasteiger partial charge on any atom is -0.359 e. The average Bonchev–Trinajstić information content (AvgIpc) is 2.28. The molecule has 0 aromatic carbocycles. The number of aryl methyl sites for hydroxylation is 1. The normalized spacial score (nSPS) is 11.7. The van der Waals surface area contributed by atoms with Crippen molar-refractivity contribution in [2.45, 2.75) is 26.8 Å². The van der Waals surface area contributed by atoms with Crippen molar-refractivity contribution in [2.75, 3.05) is 11.9 Å². The van der Waals surface area contributed by atoms with E-state index in [0.717, 1.165) is 0 Å². The van der Waals surface area contributed by atoms with Gasteiger partial charge in [-0.2, -0.15) is 0 Å². The minimum atomic E-state index is -0.487. The van der Waals surface area contributed by atoms with Crippen molar-refractivity contribution in [1.29, 1.82) is 0 Å². The smallest absolute Gasteiger partial charge is 0.290 e. The van der Waals surface area contributed by atoms with E-state index in [-0.39, 0.29) is 11.6 Å². The summed E-state index contributed by atoms with van der Waals surface area (Å²) in [6, 6.07) is 2.41. The standard InChI is InChI=1S/C11H16N4O3/c1-4-12-11(16)8(3)14-10-6-5-9(15(17)18)7(2)13-10/h5-6,8H,4H2,1-3H3,(H,12,16)(H,13,14). The van der Waals surface area contributed by atoms with Crippen molar-refractivity contribution in [3.05, 3.63) is 27.9 Å². The van der Waals surface area contributed by atoms with E-state index < -0.39 is 11.0 Å². The number of likely N-dealkylation sites (N-methyl/N-ethyl adjacent to an activating group) is 1. The lowest BCUT2D eigenvalue weighted by molar-refractivity contribution is -0.385. The van der Waals surface area contributed by atoms with Gasteiger partial charge in [0.25, 0.3) is 5.69 Å². The topological polar surface area (TPSA) is 97.2 Å². The molecule has 0 spiro atoms. The fourth-order valence-electron chi connectivity index (χ4n) is 1.44. The molecule has 1 amide bonds. The highest BCUT2D eigenvalue weighted by Gasteiger charge is 2.15. The molecule has 0 aliphatic carbocycles. The van der Waals surface area contributed by atoms with E-state index in [2.05, 4.69) is 15.6 Å². The third-order valence-corrected chi connectivity index (χ3v) is 2.36. The van der Waals surface area contributed by atoms with Crippen LogP contribution in [-0.4, -0.2) is 28.4 Å². The molecule has 98 valence electrons. The van der Waals surface area contributed by atoms with E-state index in [4.69, 9.17) is 0 Å². The maximum absolute atomic E-state index is 11.5. The molecule has 2 N–H and O–H groups in total. The summed E-state index contributed by atoms with van der Waals surface area (Å²) in [6.07, 6.45) is 0.